The number of H-pyrrole nitrogens is 1. The second kappa shape index (κ2) is 6.58. The number of rotatable bonds is 4. The van der Waals surface area contributed by atoms with Gasteiger partial charge in [0.15, 0.2) is 0 Å². The zero-order chi connectivity index (χ0) is 16.1. The number of amides is 1. The minimum atomic E-state index is -0.413. The summed E-state index contributed by atoms with van der Waals surface area (Å²) >= 11 is 0. The topological polar surface area (TPSA) is 81.6 Å². The molecule has 2 N–H and O–H groups in total. The van der Waals surface area contributed by atoms with E-state index >= 15 is 0 Å². The van der Waals surface area contributed by atoms with E-state index in [1.165, 1.54) is 0 Å². The summed E-state index contributed by atoms with van der Waals surface area (Å²) in [6.07, 6.45) is 5.04. The summed E-state index contributed by atoms with van der Waals surface area (Å²) in [6, 6.07) is 15.2. The van der Waals surface area contributed by atoms with E-state index in [-0.39, 0.29) is 12.1 Å². The normalized spacial score (nSPS) is 11.2. The lowest BCUT2D eigenvalue weighted by Crippen LogP contribution is -2.24. The Labute approximate surface area is 133 Å². The summed E-state index contributed by atoms with van der Waals surface area (Å²) < 4.78 is 0. The lowest BCUT2D eigenvalue weighted by Gasteiger charge is -2.03. The van der Waals surface area contributed by atoms with Crippen LogP contribution in [0.1, 0.15) is 11.3 Å². The molecule has 23 heavy (non-hydrogen) atoms. The van der Waals surface area contributed by atoms with Gasteiger partial charge < -0.3 is 10.3 Å². The van der Waals surface area contributed by atoms with Crippen LogP contribution in [0, 0.1) is 11.3 Å². The Hall–Kier alpha value is -3.39. The first-order valence-electron chi connectivity index (χ1n) is 7.14. The van der Waals surface area contributed by atoms with Gasteiger partial charge in [0.1, 0.15) is 11.6 Å². The van der Waals surface area contributed by atoms with Gasteiger partial charge in [0, 0.05) is 28.9 Å². The molecule has 0 aliphatic carbocycles. The largest absolute Gasteiger partial charge is 0.361 e. The van der Waals surface area contributed by atoms with E-state index in [0.717, 1.165) is 22.2 Å². The third kappa shape index (κ3) is 3.27. The Morgan fingerprint density at radius 3 is 2.87 bits per heavy atom. The first-order valence-corrected chi connectivity index (χ1v) is 7.14. The van der Waals surface area contributed by atoms with Crippen LogP contribution in [-0.4, -0.2) is 15.9 Å². The smallest absolute Gasteiger partial charge is 0.262 e. The van der Waals surface area contributed by atoms with Crippen LogP contribution < -0.4 is 5.32 Å². The number of nitriles is 1. The highest BCUT2D eigenvalue weighted by Gasteiger charge is 2.10. The number of para-hydroxylation sites is 1. The Morgan fingerprint density at radius 1 is 1.26 bits per heavy atom. The number of pyridine rings is 1. The molecule has 3 aromatic rings. The zero-order valence-electron chi connectivity index (χ0n) is 12.3. The van der Waals surface area contributed by atoms with Gasteiger partial charge in [-0.05, 0) is 24.3 Å². The van der Waals surface area contributed by atoms with Gasteiger partial charge in [-0.2, -0.15) is 5.26 Å². The van der Waals surface area contributed by atoms with E-state index in [0.29, 0.717) is 0 Å². The monoisotopic (exact) mass is 302 g/mol. The van der Waals surface area contributed by atoms with Crippen molar-refractivity contribution in [1.29, 1.82) is 5.26 Å². The maximum absolute atomic E-state index is 12.2. The minimum absolute atomic E-state index is 0.0608. The summed E-state index contributed by atoms with van der Waals surface area (Å²) in [7, 11) is 0. The maximum atomic E-state index is 12.2. The third-order valence-corrected chi connectivity index (χ3v) is 3.44. The van der Waals surface area contributed by atoms with Gasteiger partial charge in [-0.3, -0.25) is 9.78 Å². The number of aromatic amines is 1. The van der Waals surface area contributed by atoms with E-state index in [1.807, 2.05) is 48.5 Å². The molecule has 0 saturated heterocycles. The summed E-state index contributed by atoms with van der Waals surface area (Å²) in [5, 5.41) is 12.9. The van der Waals surface area contributed by atoms with Crippen molar-refractivity contribution >= 4 is 22.9 Å². The van der Waals surface area contributed by atoms with Gasteiger partial charge in [-0.25, -0.2) is 0 Å². The SMILES string of the molecule is N#C/C(=C\c1c[nH]c2ccccc12)C(=O)NCc1ccccn1. The molecule has 0 radical (unpaired) electrons. The Balaban J connectivity index is 1.79. The van der Waals surface area contributed by atoms with Crippen LogP contribution in [0.5, 0.6) is 0 Å². The number of carbonyl (C=O) groups excluding carboxylic acids is 1. The molecule has 2 heterocycles. The number of benzene rings is 1. The molecule has 0 aliphatic rings. The number of nitrogens with one attached hydrogen (secondary N) is 2. The average molecular weight is 302 g/mol. The molecule has 1 amide bonds. The van der Waals surface area contributed by atoms with Crippen molar-refractivity contribution in [3.63, 3.8) is 0 Å². The van der Waals surface area contributed by atoms with E-state index in [4.69, 9.17) is 0 Å². The summed E-state index contributed by atoms with van der Waals surface area (Å²) in [5.74, 6) is -0.413. The first kappa shape index (κ1) is 14.5. The van der Waals surface area contributed by atoms with Crippen molar-refractivity contribution in [1.82, 2.24) is 15.3 Å². The molecule has 0 saturated carbocycles. The lowest BCUT2D eigenvalue weighted by atomic mass is 10.1. The van der Waals surface area contributed by atoms with Crippen molar-refractivity contribution in [2.45, 2.75) is 6.54 Å². The summed E-state index contributed by atoms with van der Waals surface area (Å²) in [6.45, 7) is 0.284. The molecule has 5 heteroatoms. The molecule has 3 rings (SSSR count). The second-order valence-electron chi connectivity index (χ2n) is 4.96. The average Bonchev–Trinajstić information content (AvgIpc) is 3.01. The van der Waals surface area contributed by atoms with Gasteiger partial charge >= 0.3 is 0 Å². The fourth-order valence-corrected chi connectivity index (χ4v) is 2.29. The van der Waals surface area contributed by atoms with Crippen LogP contribution in [0.3, 0.4) is 0 Å². The molecule has 2 aromatic heterocycles. The van der Waals surface area contributed by atoms with Gasteiger partial charge in [-0.15, -0.1) is 0 Å². The van der Waals surface area contributed by atoms with Crippen molar-refractivity contribution in [2.75, 3.05) is 0 Å². The quantitative estimate of drug-likeness (QED) is 0.574. The molecular formula is C18H14N4O. The molecule has 1 aromatic carbocycles. The number of aromatic nitrogens is 2. The molecule has 0 bridgehead atoms. The molecular weight excluding hydrogens is 288 g/mol. The van der Waals surface area contributed by atoms with Crippen LogP contribution in [-0.2, 0) is 11.3 Å². The Kier molecular flexibility index (Phi) is 4.16. The van der Waals surface area contributed by atoms with Crippen LogP contribution >= 0.6 is 0 Å². The molecule has 0 spiro atoms. The van der Waals surface area contributed by atoms with Crippen molar-refractivity contribution < 1.29 is 4.79 Å². The van der Waals surface area contributed by atoms with Crippen LogP contribution in [0.25, 0.3) is 17.0 Å². The van der Waals surface area contributed by atoms with Gasteiger partial charge in [-0.1, -0.05) is 24.3 Å². The van der Waals surface area contributed by atoms with Gasteiger partial charge in [0.2, 0.25) is 0 Å². The van der Waals surface area contributed by atoms with E-state index in [1.54, 1.807) is 18.5 Å². The van der Waals surface area contributed by atoms with Crippen LogP contribution in [0.15, 0.2) is 60.4 Å². The number of nitrogens with zero attached hydrogens (tertiary/aromatic N) is 2. The highest BCUT2D eigenvalue weighted by molar-refractivity contribution is 6.03. The zero-order valence-corrected chi connectivity index (χ0v) is 12.3. The fourth-order valence-electron chi connectivity index (χ4n) is 2.29. The van der Waals surface area contributed by atoms with E-state index < -0.39 is 5.91 Å². The highest BCUT2D eigenvalue weighted by atomic mass is 16.1. The predicted octanol–water partition coefficient (Wildman–Crippen LogP) is 2.79. The van der Waals surface area contributed by atoms with Gasteiger partial charge in [0.25, 0.3) is 5.91 Å². The van der Waals surface area contributed by atoms with Gasteiger partial charge in [0.05, 0.1) is 12.2 Å². The number of hydrogen-bond donors (Lipinski definition) is 2. The summed E-state index contributed by atoms with van der Waals surface area (Å²) in [4.78, 5) is 19.4. The number of hydrogen-bond acceptors (Lipinski definition) is 3. The molecule has 0 unspecified atom stereocenters. The fraction of sp³-hybridized carbons (Fsp3) is 0.0556. The van der Waals surface area contributed by atoms with E-state index in [9.17, 15) is 10.1 Å². The summed E-state index contributed by atoms with van der Waals surface area (Å²) in [5.41, 5.74) is 2.57. The molecule has 0 atom stereocenters. The highest BCUT2D eigenvalue weighted by Crippen LogP contribution is 2.20. The Bertz CT molecular complexity index is 903. The number of carbonyl (C=O) groups is 1. The van der Waals surface area contributed by atoms with Crippen molar-refractivity contribution in [2.24, 2.45) is 0 Å². The standard InChI is InChI=1S/C18H14N4O/c19-10-13(18(23)22-12-15-5-3-4-8-20-15)9-14-11-21-17-7-2-1-6-16(14)17/h1-9,11,21H,12H2,(H,22,23)/b13-9+. The van der Waals surface area contributed by atoms with Crippen molar-refractivity contribution in [3.05, 3.63) is 71.7 Å². The molecule has 112 valence electrons. The lowest BCUT2D eigenvalue weighted by molar-refractivity contribution is -0.117. The molecule has 5 nitrogen and oxygen atoms in total. The Morgan fingerprint density at radius 2 is 2.09 bits per heavy atom. The minimum Gasteiger partial charge on any atom is -0.361 e. The van der Waals surface area contributed by atoms with Crippen LogP contribution in [0.4, 0.5) is 0 Å². The molecule has 0 fully saturated rings. The van der Waals surface area contributed by atoms with E-state index in [2.05, 4.69) is 15.3 Å². The van der Waals surface area contributed by atoms with Crippen molar-refractivity contribution in [3.8, 4) is 6.07 Å². The third-order valence-electron chi connectivity index (χ3n) is 3.44. The second-order valence-corrected chi connectivity index (χ2v) is 4.96. The first-order chi connectivity index (χ1) is 11.3. The number of fused-ring (bicyclic) bond motifs is 1. The maximum Gasteiger partial charge on any atom is 0.262 e. The predicted molar refractivity (Wildman–Crippen MR) is 88.0 cm³/mol. The molecule has 0 aliphatic heterocycles. The van der Waals surface area contributed by atoms with Crippen LogP contribution in [0.2, 0.25) is 0 Å².